The maximum Gasteiger partial charge on any atom is 0.338 e. The zero-order chi connectivity index (χ0) is 31.1. The van der Waals surface area contributed by atoms with Crippen LogP contribution in [-0.4, -0.2) is 36.5 Å². The highest BCUT2D eigenvalue weighted by atomic mass is 32.1. The number of carbonyl (C=O) groups is 1. The van der Waals surface area contributed by atoms with Crippen molar-refractivity contribution in [2.75, 3.05) is 20.8 Å². The van der Waals surface area contributed by atoms with Crippen molar-refractivity contribution in [3.05, 3.63) is 83.5 Å². The Morgan fingerprint density at radius 1 is 1.05 bits per heavy atom. The minimum absolute atomic E-state index is 0.176. The Labute approximate surface area is 250 Å². The predicted molar refractivity (Wildman–Crippen MR) is 165 cm³/mol. The molecule has 0 amide bonds. The van der Waals surface area contributed by atoms with E-state index < -0.39 is 12.0 Å². The first-order valence-electron chi connectivity index (χ1n) is 13.9. The third kappa shape index (κ3) is 5.75. The number of phenolic OH excluding ortho intramolecular Hbond substituents is 1. The molecule has 42 heavy (non-hydrogen) atoms. The summed E-state index contributed by atoms with van der Waals surface area (Å²) in [6, 6.07) is 8.30. The van der Waals surface area contributed by atoms with Crippen LogP contribution in [0.1, 0.15) is 83.7 Å². The predicted octanol–water partition coefficient (Wildman–Crippen LogP) is 5.12. The van der Waals surface area contributed by atoms with E-state index in [9.17, 15) is 14.7 Å². The number of aromatic hydroxyl groups is 1. The number of fused-ring (bicyclic) bond motifs is 1. The number of hydrogen-bond donors (Lipinski definition) is 1. The number of ether oxygens (including phenoxy) is 3. The van der Waals surface area contributed by atoms with E-state index in [-0.39, 0.29) is 34.3 Å². The van der Waals surface area contributed by atoms with Crippen LogP contribution >= 0.6 is 11.3 Å². The molecule has 1 N–H and O–H groups in total. The maximum atomic E-state index is 14.2. The molecule has 0 spiro atoms. The fraction of sp³-hybridized carbons (Fsp3) is 0.424. The van der Waals surface area contributed by atoms with Crippen molar-refractivity contribution in [3.63, 3.8) is 0 Å². The van der Waals surface area contributed by atoms with Gasteiger partial charge in [0, 0.05) is 16.7 Å². The Bertz CT molecular complexity index is 1710. The summed E-state index contributed by atoms with van der Waals surface area (Å²) < 4.78 is 18.6. The van der Waals surface area contributed by atoms with Gasteiger partial charge in [0.15, 0.2) is 4.80 Å². The smallest absolute Gasteiger partial charge is 0.338 e. The van der Waals surface area contributed by atoms with Crippen molar-refractivity contribution < 1.29 is 24.1 Å². The Kier molecular flexibility index (Phi) is 8.47. The van der Waals surface area contributed by atoms with Gasteiger partial charge in [-0.1, -0.05) is 52.9 Å². The lowest BCUT2D eigenvalue weighted by Crippen LogP contribution is -2.40. The second-order valence-corrected chi connectivity index (χ2v) is 13.4. The molecule has 2 aromatic carbocycles. The minimum atomic E-state index is -0.845. The summed E-state index contributed by atoms with van der Waals surface area (Å²) in [4.78, 5) is 32.6. The second-order valence-electron chi connectivity index (χ2n) is 12.4. The molecule has 0 saturated heterocycles. The van der Waals surface area contributed by atoms with Crippen molar-refractivity contribution in [2.24, 2.45) is 4.99 Å². The third-order valence-corrected chi connectivity index (χ3v) is 8.28. The Morgan fingerprint density at radius 3 is 2.19 bits per heavy atom. The number of benzene rings is 2. The van der Waals surface area contributed by atoms with Crippen LogP contribution in [0.2, 0.25) is 0 Å². The third-order valence-electron chi connectivity index (χ3n) is 7.29. The number of methoxy groups -OCH3 is 2. The Morgan fingerprint density at radius 2 is 1.67 bits per heavy atom. The number of phenols is 1. The lowest BCUT2D eigenvalue weighted by molar-refractivity contribution is -0.139. The number of allylic oxidation sites excluding steroid dienone is 1. The van der Waals surface area contributed by atoms with Gasteiger partial charge in [-0.05, 0) is 66.6 Å². The van der Waals surface area contributed by atoms with E-state index in [4.69, 9.17) is 14.2 Å². The van der Waals surface area contributed by atoms with Crippen LogP contribution in [0, 0.1) is 0 Å². The van der Waals surface area contributed by atoms with Gasteiger partial charge < -0.3 is 19.3 Å². The van der Waals surface area contributed by atoms with Crippen LogP contribution < -0.4 is 24.4 Å². The van der Waals surface area contributed by atoms with Crippen LogP contribution in [0.4, 0.5) is 0 Å². The van der Waals surface area contributed by atoms with E-state index in [1.807, 2.05) is 59.8 Å². The van der Waals surface area contributed by atoms with Gasteiger partial charge in [-0.25, -0.2) is 9.79 Å². The van der Waals surface area contributed by atoms with Gasteiger partial charge in [0.05, 0.1) is 36.6 Å². The van der Waals surface area contributed by atoms with Gasteiger partial charge in [-0.3, -0.25) is 9.36 Å². The molecule has 1 aliphatic heterocycles. The van der Waals surface area contributed by atoms with E-state index in [1.165, 1.54) is 15.9 Å². The molecule has 4 rings (SSSR count). The van der Waals surface area contributed by atoms with Gasteiger partial charge in [-0.15, -0.1) is 0 Å². The SMILES string of the molecule is CCOC(=O)C1=C(C)N=c2sc(=Cc3cc(C(C)(C)C)c(O)c(C(C)(C)C)c3)c(=O)n2[C@@H]1c1cc(OC)ccc1OC. The van der Waals surface area contributed by atoms with Gasteiger partial charge in [-0.2, -0.15) is 0 Å². The minimum Gasteiger partial charge on any atom is -0.507 e. The van der Waals surface area contributed by atoms with Crippen molar-refractivity contribution in [2.45, 2.75) is 72.3 Å². The molecule has 0 saturated carbocycles. The lowest BCUT2D eigenvalue weighted by atomic mass is 9.78. The first-order valence-corrected chi connectivity index (χ1v) is 14.7. The molecule has 0 fully saturated rings. The average Bonchev–Trinajstić information content (AvgIpc) is 3.21. The second kappa shape index (κ2) is 11.4. The Hall–Kier alpha value is -3.85. The van der Waals surface area contributed by atoms with Crippen molar-refractivity contribution in [1.82, 2.24) is 4.57 Å². The molecule has 0 aliphatic carbocycles. The van der Waals surface area contributed by atoms with Gasteiger partial charge in [0.25, 0.3) is 5.56 Å². The van der Waals surface area contributed by atoms with E-state index >= 15 is 0 Å². The molecule has 1 aliphatic rings. The molecule has 3 aromatic rings. The number of nitrogens with zero attached hydrogens (tertiary/aromatic N) is 2. The zero-order valence-electron chi connectivity index (χ0n) is 26.0. The summed E-state index contributed by atoms with van der Waals surface area (Å²) in [5.41, 5.74) is 2.75. The van der Waals surface area contributed by atoms with Crippen molar-refractivity contribution in [1.29, 1.82) is 0 Å². The monoisotopic (exact) mass is 592 g/mol. The highest BCUT2D eigenvalue weighted by Gasteiger charge is 2.35. The molecule has 0 unspecified atom stereocenters. The Balaban J connectivity index is 2.05. The van der Waals surface area contributed by atoms with E-state index in [0.29, 0.717) is 32.1 Å². The number of carbonyl (C=O) groups excluding carboxylic acids is 1. The molecule has 1 atom stereocenters. The first kappa shape index (κ1) is 31.1. The quantitative estimate of drug-likeness (QED) is 0.399. The summed E-state index contributed by atoms with van der Waals surface area (Å²) in [7, 11) is 3.10. The number of thiazole rings is 1. The first-order chi connectivity index (χ1) is 19.6. The standard InChI is InChI=1S/C33H40N2O6S/c1-11-41-30(38)26-18(2)34-31-35(27(26)21-17-20(39-9)12-13-24(21)40-10)29(37)25(42-31)16-19-14-22(32(3,4)5)28(36)23(15-19)33(6,7)8/h12-17,27,36H,11H2,1-10H3/t27-/m1/s1. The number of rotatable bonds is 6. The summed E-state index contributed by atoms with van der Waals surface area (Å²) in [6.07, 6.45) is 1.83. The molecular weight excluding hydrogens is 552 g/mol. The van der Waals surface area contributed by atoms with Crippen molar-refractivity contribution in [3.8, 4) is 17.2 Å². The van der Waals surface area contributed by atoms with Crippen molar-refractivity contribution >= 4 is 23.4 Å². The average molecular weight is 593 g/mol. The summed E-state index contributed by atoms with van der Waals surface area (Å²) in [5, 5.41) is 11.2. The number of hydrogen-bond acceptors (Lipinski definition) is 8. The van der Waals surface area contributed by atoms with Gasteiger partial charge >= 0.3 is 5.97 Å². The molecule has 1 aromatic heterocycles. The molecule has 2 heterocycles. The van der Waals surface area contributed by atoms with E-state index in [0.717, 1.165) is 16.7 Å². The highest BCUT2D eigenvalue weighted by Crippen LogP contribution is 2.40. The normalized spacial score (nSPS) is 15.8. The van der Waals surface area contributed by atoms with Crippen LogP contribution in [-0.2, 0) is 20.4 Å². The lowest BCUT2D eigenvalue weighted by Gasteiger charge is -2.27. The van der Waals surface area contributed by atoms with Crippen LogP contribution in [0.15, 0.2) is 51.4 Å². The largest absolute Gasteiger partial charge is 0.507 e. The molecule has 9 heteroatoms. The molecular formula is C33H40N2O6S. The molecule has 0 bridgehead atoms. The molecule has 8 nitrogen and oxygen atoms in total. The number of aromatic nitrogens is 1. The summed E-state index contributed by atoms with van der Waals surface area (Å²) >= 11 is 1.25. The zero-order valence-corrected chi connectivity index (χ0v) is 26.9. The fourth-order valence-corrected chi connectivity index (χ4v) is 6.22. The molecule has 224 valence electrons. The van der Waals surface area contributed by atoms with E-state index in [1.54, 1.807) is 46.3 Å². The van der Waals surface area contributed by atoms with Crippen LogP contribution in [0.3, 0.4) is 0 Å². The fourth-order valence-electron chi connectivity index (χ4n) is 5.17. The molecule has 0 radical (unpaired) electrons. The summed E-state index contributed by atoms with van der Waals surface area (Å²) in [5.74, 6) is 0.772. The van der Waals surface area contributed by atoms with Crippen LogP contribution in [0.5, 0.6) is 17.2 Å². The number of esters is 1. The van der Waals surface area contributed by atoms with Gasteiger partial charge in [0.1, 0.15) is 23.3 Å². The van der Waals surface area contributed by atoms with Gasteiger partial charge in [0.2, 0.25) is 0 Å². The maximum absolute atomic E-state index is 14.2. The van der Waals surface area contributed by atoms with E-state index in [2.05, 4.69) is 4.99 Å². The topological polar surface area (TPSA) is 99.4 Å². The summed E-state index contributed by atoms with van der Waals surface area (Å²) in [6.45, 7) is 15.9. The highest BCUT2D eigenvalue weighted by molar-refractivity contribution is 7.07. The van der Waals surface area contributed by atoms with Crippen LogP contribution in [0.25, 0.3) is 6.08 Å².